The molecule has 1 N–H and O–H groups in total. The number of carboxylic acid groups (broad SMARTS) is 1. The number of aryl methyl sites for hydroxylation is 1. The molecular formula is C15H21NO4S. The summed E-state index contributed by atoms with van der Waals surface area (Å²) in [7, 11) is 3.23. The van der Waals surface area contributed by atoms with E-state index in [1.54, 1.807) is 11.3 Å². The van der Waals surface area contributed by atoms with Gasteiger partial charge < -0.3 is 14.7 Å². The number of anilines is 1. The van der Waals surface area contributed by atoms with E-state index in [9.17, 15) is 9.59 Å². The van der Waals surface area contributed by atoms with Crippen LogP contribution in [0, 0.1) is 0 Å². The molecule has 1 heterocycles. The topological polar surface area (TPSA) is 66.8 Å². The van der Waals surface area contributed by atoms with Gasteiger partial charge in [0.15, 0.2) is 0 Å². The minimum Gasteiger partial charge on any atom is -0.481 e. The van der Waals surface area contributed by atoms with Gasteiger partial charge in [-0.1, -0.05) is 6.42 Å². The molecule has 0 radical (unpaired) electrons. The first kappa shape index (κ1) is 15.8. The second kappa shape index (κ2) is 6.93. The molecule has 0 aromatic carbocycles. The zero-order chi connectivity index (χ0) is 15.4. The van der Waals surface area contributed by atoms with E-state index in [0.29, 0.717) is 12.1 Å². The maximum Gasteiger partial charge on any atom is 0.341 e. The maximum atomic E-state index is 12.2. The first-order chi connectivity index (χ1) is 10.0. The molecule has 5 nitrogen and oxygen atoms in total. The van der Waals surface area contributed by atoms with Crippen molar-refractivity contribution >= 4 is 28.3 Å². The van der Waals surface area contributed by atoms with Crippen molar-refractivity contribution in [2.75, 3.05) is 25.6 Å². The molecule has 0 unspecified atom stereocenters. The van der Waals surface area contributed by atoms with Gasteiger partial charge in [-0.2, -0.15) is 0 Å². The Bertz CT molecular complexity index is 538. The van der Waals surface area contributed by atoms with Crippen molar-refractivity contribution < 1.29 is 19.4 Å². The number of thiophene rings is 1. The number of aliphatic carboxylic acids is 1. The van der Waals surface area contributed by atoms with E-state index in [4.69, 9.17) is 9.84 Å². The van der Waals surface area contributed by atoms with Crippen LogP contribution < -0.4 is 4.90 Å². The first-order valence-electron chi connectivity index (χ1n) is 7.20. The lowest BCUT2D eigenvalue weighted by Crippen LogP contribution is -2.22. The van der Waals surface area contributed by atoms with Crippen molar-refractivity contribution in [2.24, 2.45) is 0 Å². The van der Waals surface area contributed by atoms with E-state index in [-0.39, 0.29) is 12.4 Å². The first-order valence-corrected chi connectivity index (χ1v) is 8.02. The fourth-order valence-corrected chi connectivity index (χ4v) is 4.04. The number of fused-ring (bicyclic) bond motifs is 1. The summed E-state index contributed by atoms with van der Waals surface area (Å²) in [6, 6.07) is 0. The monoisotopic (exact) mass is 311 g/mol. The summed E-state index contributed by atoms with van der Waals surface area (Å²) in [4.78, 5) is 26.0. The van der Waals surface area contributed by atoms with Crippen molar-refractivity contribution in [3.8, 4) is 0 Å². The molecule has 0 spiro atoms. The van der Waals surface area contributed by atoms with E-state index in [0.717, 1.165) is 36.2 Å². The number of carboxylic acids is 1. The summed E-state index contributed by atoms with van der Waals surface area (Å²) in [5.41, 5.74) is 1.76. The van der Waals surface area contributed by atoms with Crippen LogP contribution in [-0.4, -0.2) is 37.7 Å². The van der Waals surface area contributed by atoms with Crippen LogP contribution in [0.3, 0.4) is 0 Å². The summed E-state index contributed by atoms with van der Waals surface area (Å²) in [6.07, 6.45) is 5.38. The van der Waals surface area contributed by atoms with E-state index in [1.807, 2.05) is 11.9 Å². The van der Waals surface area contributed by atoms with Gasteiger partial charge in [0.2, 0.25) is 0 Å². The highest BCUT2D eigenvalue weighted by Gasteiger charge is 2.27. The second-order valence-corrected chi connectivity index (χ2v) is 6.39. The fraction of sp³-hybridized carbons (Fsp3) is 0.600. The normalized spacial score (nSPS) is 14.2. The molecule has 0 saturated heterocycles. The number of carbonyl (C=O) groups is 2. The third kappa shape index (κ3) is 3.56. The maximum absolute atomic E-state index is 12.2. The van der Waals surface area contributed by atoms with E-state index in [1.165, 1.54) is 18.4 Å². The molecule has 0 saturated carbocycles. The van der Waals surface area contributed by atoms with Crippen molar-refractivity contribution in [3.63, 3.8) is 0 Å². The molecule has 116 valence electrons. The Morgan fingerprint density at radius 3 is 2.67 bits per heavy atom. The van der Waals surface area contributed by atoms with Gasteiger partial charge in [0.1, 0.15) is 5.00 Å². The third-order valence-electron chi connectivity index (χ3n) is 3.80. The number of hydrogen-bond acceptors (Lipinski definition) is 5. The predicted molar refractivity (Wildman–Crippen MR) is 82.4 cm³/mol. The second-order valence-electron chi connectivity index (χ2n) is 5.30. The average Bonchev–Trinajstić information content (AvgIpc) is 2.67. The van der Waals surface area contributed by atoms with Gasteiger partial charge in [0.05, 0.1) is 19.1 Å². The summed E-state index contributed by atoms with van der Waals surface area (Å²) in [5, 5.41) is 9.66. The SMILES string of the molecule is COC(=O)c1c(N(C)CCC(=O)O)sc2c1CCCCC2. The lowest BCUT2D eigenvalue weighted by molar-refractivity contribution is -0.136. The number of ether oxygens (including phenoxy) is 1. The Kier molecular flexibility index (Phi) is 5.22. The molecule has 1 aliphatic rings. The van der Waals surface area contributed by atoms with Gasteiger partial charge in [-0.05, 0) is 31.2 Å². The predicted octanol–water partition coefficient (Wildman–Crippen LogP) is 2.71. The zero-order valence-corrected chi connectivity index (χ0v) is 13.3. The van der Waals surface area contributed by atoms with Gasteiger partial charge in [-0.15, -0.1) is 11.3 Å². The number of rotatable bonds is 5. The Labute approximate surface area is 128 Å². The van der Waals surface area contributed by atoms with Crippen LogP contribution in [0.5, 0.6) is 0 Å². The summed E-state index contributed by atoms with van der Waals surface area (Å²) in [6.45, 7) is 0.388. The molecule has 2 rings (SSSR count). The van der Waals surface area contributed by atoms with Gasteiger partial charge in [0.25, 0.3) is 0 Å². The standard InChI is InChI=1S/C15H21NO4S/c1-16(9-8-12(17)18)14-13(15(19)20-2)10-6-4-3-5-7-11(10)21-14/h3-9H2,1-2H3,(H,17,18). The Morgan fingerprint density at radius 1 is 1.29 bits per heavy atom. The number of hydrogen-bond donors (Lipinski definition) is 1. The number of esters is 1. The lowest BCUT2D eigenvalue weighted by Gasteiger charge is -2.18. The van der Waals surface area contributed by atoms with Crippen LogP contribution in [0.15, 0.2) is 0 Å². The minimum absolute atomic E-state index is 0.0552. The molecule has 0 amide bonds. The minimum atomic E-state index is -0.834. The zero-order valence-electron chi connectivity index (χ0n) is 12.5. The quantitative estimate of drug-likeness (QED) is 0.669. The molecular weight excluding hydrogens is 290 g/mol. The van der Waals surface area contributed by atoms with Gasteiger partial charge in [-0.25, -0.2) is 4.79 Å². The highest BCUT2D eigenvalue weighted by molar-refractivity contribution is 7.16. The van der Waals surface area contributed by atoms with Crippen LogP contribution in [0.2, 0.25) is 0 Å². The lowest BCUT2D eigenvalue weighted by atomic mass is 10.1. The molecule has 1 aliphatic carbocycles. The summed E-state index contributed by atoms with van der Waals surface area (Å²) < 4.78 is 4.94. The van der Waals surface area contributed by atoms with E-state index in [2.05, 4.69) is 0 Å². The van der Waals surface area contributed by atoms with E-state index >= 15 is 0 Å². The molecule has 21 heavy (non-hydrogen) atoms. The summed E-state index contributed by atoms with van der Waals surface area (Å²) in [5.74, 6) is -1.15. The largest absolute Gasteiger partial charge is 0.481 e. The molecule has 0 fully saturated rings. The van der Waals surface area contributed by atoms with Crippen molar-refractivity contribution in [1.82, 2.24) is 0 Å². The Hall–Kier alpha value is -1.56. The number of methoxy groups -OCH3 is 1. The van der Waals surface area contributed by atoms with Gasteiger partial charge in [-0.3, -0.25) is 4.79 Å². The molecule has 0 atom stereocenters. The van der Waals surface area contributed by atoms with Crippen LogP contribution >= 0.6 is 11.3 Å². The van der Waals surface area contributed by atoms with Crippen LogP contribution in [0.1, 0.15) is 46.5 Å². The molecule has 0 bridgehead atoms. The average molecular weight is 311 g/mol. The molecule has 1 aromatic heterocycles. The van der Waals surface area contributed by atoms with Gasteiger partial charge >= 0.3 is 11.9 Å². The number of nitrogens with zero attached hydrogens (tertiary/aromatic N) is 1. The fourth-order valence-electron chi connectivity index (χ4n) is 2.67. The van der Waals surface area contributed by atoms with Crippen LogP contribution in [0.4, 0.5) is 5.00 Å². The molecule has 0 aliphatic heterocycles. The van der Waals surface area contributed by atoms with E-state index < -0.39 is 5.97 Å². The van der Waals surface area contributed by atoms with Crippen molar-refractivity contribution in [1.29, 1.82) is 0 Å². The highest BCUT2D eigenvalue weighted by atomic mass is 32.1. The van der Waals surface area contributed by atoms with Gasteiger partial charge in [0, 0.05) is 18.5 Å². The van der Waals surface area contributed by atoms with Crippen molar-refractivity contribution in [3.05, 3.63) is 16.0 Å². The Balaban J connectivity index is 2.35. The highest BCUT2D eigenvalue weighted by Crippen LogP contribution is 2.39. The van der Waals surface area contributed by atoms with Crippen LogP contribution in [-0.2, 0) is 22.4 Å². The molecule has 6 heteroatoms. The molecule has 1 aromatic rings. The summed E-state index contributed by atoms with van der Waals surface area (Å²) >= 11 is 1.61. The smallest absolute Gasteiger partial charge is 0.341 e. The number of carbonyl (C=O) groups excluding carboxylic acids is 1. The third-order valence-corrected chi connectivity index (χ3v) is 5.21. The Morgan fingerprint density at radius 2 is 2.00 bits per heavy atom. The van der Waals surface area contributed by atoms with Crippen LogP contribution in [0.25, 0.3) is 0 Å². The van der Waals surface area contributed by atoms with Crippen molar-refractivity contribution in [2.45, 2.75) is 38.5 Å².